The number of methoxy groups -OCH3 is 1. The number of fused-ring (bicyclic) bond motifs is 2. The number of thiol groups is 2. The van der Waals surface area contributed by atoms with E-state index in [1.54, 1.807) is 85.1 Å². The number of rotatable bonds is 51. The van der Waals surface area contributed by atoms with E-state index in [9.17, 15) is 57.8 Å². The molecule has 0 fully saturated rings. The number of aromatic amines is 1. The van der Waals surface area contributed by atoms with E-state index in [0.29, 0.717) is 45.1 Å². The first-order valence-corrected chi connectivity index (χ1v) is 40.2. The van der Waals surface area contributed by atoms with E-state index in [4.69, 9.17) is 46.0 Å². The van der Waals surface area contributed by atoms with Gasteiger partial charge in [0.2, 0.25) is 100 Å². The van der Waals surface area contributed by atoms with Crippen molar-refractivity contribution in [1.29, 1.82) is 0 Å². The summed E-state index contributed by atoms with van der Waals surface area (Å²) in [6.45, 7) is 10.4. The molecule has 0 bridgehead atoms. The Bertz CT molecular complexity index is 4530. The number of benzene rings is 4. The zero-order valence-electron chi connectivity index (χ0n) is 69.2. The van der Waals surface area contributed by atoms with Crippen LogP contribution in [0, 0.1) is 0 Å². The number of carbonyl (C=O) groups is 17. The zero-order chi connectivity index (χ0) is 90.2. The second-order valence-electron chi connectivity index (χ2n) is 30.9. The Kier molecular flexibility index (Phi) is 38.9. The first-order valence-electron chi connectivity index (χ1n) is 39.3. The highest BCUT2D eigenvalue weighted by Gasteiger charge is 2.44. The van der Waals surface area contributed by atoms with Crippen molar-refractivity contribution < 1.29 is 91.4 Å². The summed E-state index contributed by atoms with van der Waals surface area (Å²) in [5.41, 5.74) is 27.7. The molecule has 0 spiro atoms. The molecule has 5 aromatic rings. The molecule has 121 heavy (non-hydrogen) atoms. The van der Waals surface area contributed by atoms with Gasteiger partial charge in [-0.05, 0) is 145 Å². The van der Waals surface area contributed by atoms with E-state index >= 15 is 28.8 Å². The number of hydrogen-bond donors (Lipinski definition) is 22. The number of carbonyl (C=O) groups excluding carboxylic acids is 17. The van der Waals surface area contributed by atoms with Gasteiger partial charge in [-0.25, -0.2) is 0 Å². The second-order valence-corrected chi connectivity index (χ2v) is 33.2. The molecule has 25 N–H and O–H groups in total. The van der Waals surface area contributed by atoms with Crippen LogP contribution in [0.2, 0.25) is 0 Å². The number of aliphatic hydroxyl groups is 1. The van der Waals surface area contributed by atoms with Gasteiger partial charge >= 0.3 is 0 Å². The maximum absolute atomic E-state index is 15.6. The molecule has 0 radical (unpaired) electrons. The number of ether oxygens (including phenoxy) is 1. The van der Waals surface area contributed by atoms with Gasteiger partial charge in [0.05, 0.1) is 26.2 Å². The van der Waals surface area contributed by atoms with Crippen molar-refractivity contribution in [2.45, 2.75) is 227 Å². The Morgan fingerprint density at radius 1 is 0.463 bits per heavy atom. The van der Waals surface area contributed by atoms with Crippen molar-refractivity contribution in [1.82, 2.24) is 74.1 Å². The summed E-state index contributed by atoms with van der Waals surface area (Å²) < 4.78 is 2.58. The highest BCUT2D eigenvalue weighted by atomic mass is 32.1. The molecule has 0 aliphatic rings. The highest BCUT2D eigenvalue weighted by Crippen LogP contribution is 2.26. The summed E-state index contributed by atoms with van der Waals surface area (Å²) in [6, 6.07) is 8.86. The van der Waals surface area contributed by atoms with Crippen LogP contribution < -0.4 is 103 Å². The van der Waals surface area contributed by atoms with Gasteiger partial charge in [-0.3, -0.25) is 81.5 Å². The Balaban J connectivity index is 1.56. The van der Waals surface area contributed by atoms with Crippen molar-refractivity contribution in [2.24, 2.45) is 28.7 Å². The fourth-order valence-corrected chi connectivity index (χ4v) is 13.4. The van der Waals surface area contributed by atoms with Crippen molar-refractivity contribution in [3.8, 4) is 5.75 Å². The number of amides is 17. The van der Waals surface area contributed by atoms with Crippen LogP contribution in [0.15, 0.2) is 97.2 Å². The van der Waals surface area contributed by atoms with Crippen LogP contribution in [0.25, 0.3) is 21.7 Å². The summed E-state index contributed by atoms with van der Waals surface area (Å²) in [5, 5.41) is 46.5. The van der Waals surface area contributed by atoms with E-state index < -0.39 is 215 Å². The molecule has 0 saturated carbocycles. The van der Waals surface area contributed by atoms with Crippen molar-refractivity contribution in [3.63, 3.8) is 0 Å². The SMILES string of the molecule is COc1ccc(C[C@H](NC(=O)[C@@H](NC(=O)[C@H](CCC(N)=O)NC(=O)[C@H](Cc2c[nH]c3ccccc23)NC(=O)[C@@H](NC(=O)[C@H](CCC(N)=O)NC(=O)[C@@H](NC(C)=O)C(C)(C)S)[C@@H](C)O)C(C)(C)S)C(=O)N[C@@H](Cc2cccc3ccccc23)C(=O)N[C@@](C)(CCCCN)C(=O)N[C@@H](CCCCNC(C)=O)C(=O)N[C@@H](CC(N)=O)C(=O)NCC(N)=O)cc1. The van der Waals surface area contributed by atoms with Crippen molar-refractivity contribution >= 4 is 147 Å². The molecule has 12 atom stereocenters. The lowest BCUT2D eigenvalue weighted by molar-refractivity contribution is -0.138. The molecule has 0 unspecified atom stereocenters. The third-order valence-electron chi connectivity index (χ3n) is 19.6. The van der Waals surface area contributed by atoms with E-state index in [1.165, 1.54) is 48.7 Å². The number of hydrogen-bond acceptors (Lipinski definition) is 22. The van der Waals surface area contributed by atoms with E-state index in [2.05, 4.69) is 86.7 Å². The van der Waals surface area contributed by atoms with Gasteiger partial charge in [0.1, 0.15) is 71.7 Å². The minimum Gasteiger partial charge on any atom is -0.497 e. The Labute approximate surface area is 711 Å². The lowest BCUT2D eigenvalue weighted by Crippen LogP contribution is -2.65. The summed E-state index contributed by atoms with van der Waals surface area (Å²) >= 11 is 9.19. The molecule has 17 amide bonds. The van der Waals surface area contributed by atoms with Crippen LogP contribution in [-0.2, 0) is 101 Å². The fourth-order valence-electron chi connectivity index (χ4n) is 13.0. The van der Waals surface area contributed by atoms with Crippen LogP contribution in [0.4, 0.5) is 0 Å². The standard InChI is InChI=1S/C81H115N19O19S2/c1-43(101)65(98-70(110)55(30-32-61(83)104)92-76(116)66(79(4,5)120)90-45(3)103)75(115)95-58(39-49-41-88-53-24-13-12-23-52(49)53)73(113)91-56(31-33-62(84)105)71(111)99-67(80(6,7)121)77(117)96-57(37-46-26-28-50(119-9)29-27-46)72(112)93-59(38-48-21-18-20-47-19-10-11-22-51(47)48)74(114)100-81(8,34-15-16-35-82)78(118)97-54(25-14-17-36-87-44(2)102)69(109)94-60(40-63(85)106)68(108)89-42-64(86)107/h10-13,18-24,26-29,41,43,54-60,65-67,88,101,120-121H,14-17,25,30-40,42,82H2,1-9H3,(H2,83,104)(H2,84,105)(H2,85,106)(H2,86,107)(H,87,102)(H,89,108)(H,90,103)(H,91,113)(H,92,116)(H,93,112)(H,94,109)(H,95,115)(H,96,117)(H,97,118)(H,98,110)(H,99,111)(H,100,114)/t43-,54+,55+,56+,57+,58+,59+,60+,65+,66-,67-,81+/m1/s1. The van der Waals surface area contributed by atoms with Crippen molar-refractivity contribution in [3.05, 3.63) is 114 Å². The number of H-pyrrole nitrogens is 1. The molecule has 38 nitrogen and oxygen atoms in total. The molecule has 4 aromatic carbocycles. The Hall–Kier alpha value is -11.9. The third kappa shape index (κ3) is 32.6. The van der Waals surface area contributed by atoms with Crippen LogP contribution in [0.1, 0.15) is 143 Å². The van der Waals surface area contributed by atoms with Crippen molar-refractivity contribution in [2.75, 3.05) is 26.7 Å². The molecule has 0 aliphatic heterocycles. The third-order valence-corrected chi connectivity index (χ3v) is 20.1. The number of primary amides is 4. The second kappa shape index (κ2) is 47.2. The maximum atomic E-state index is 15.6. The first-order chi connectivity index (χ1) is 56.8. The molecule has 660 valence electrons. The lowest BCUT2D eigenvalue weighted by Gasteiger charge is -2.34. The molecular weight excluding hydrogens is 1610 g/mol. The van der Waals surface area contributed by atoms with Gasteiger partial charge in [0.15, 0.2) is 0 Å². The zero-order valence-corrected chi connectivity index (χ0v) is 71.0. The number of nitrogens with one attached hydrogen (secondary N) is 14. The topological polar surface area (TPSA) is 622 Å². The molecule has 0 saturated heterocycles. The van der Waals surface area contributed by atoms with Gasteiger partial charge in [0.25, 0.3) is 0 Å². The first kappa shape index (κ1) is 99.7. The maximum Gasteiger partial charge on any atom is 0.246 e. The normalized spacial score (nSPS) is 14.6. The molecule has 40 heteroatoms. The smallest absolute Gasteiger partial charge is 0.246 e. The molecule has 5 rings (SSSR count). The summed E-state index contributed by atoms with van der Waals surface area (Å²) in [6.07, 6.45) is -3.32. The lowest BCUT2D eigenvalue weighted by atomic mass is 9.91. The van der Waals surface area contributed by atoms with E-state index in [1.807, 2.05) is 12.1 Å². The number of aromatic nitrogens is 1. The van der Waals surface area contributed by atoms with Gasteiger partial charge < -0.3 is 113 Å². The summed E-state index contributed by atoms with van der Waals surface area (Å²) in [5.74, 6) is -15.9. The quantitative estimate of drug-likeness (QED) is 0.0140. The van der Waals surface area contributed by atoms with Crippen LogP contribution in [0.3, 0.4) is 0 Å². The largest absolute Gasteiger partial charge is 0.497 e. The highest BCUT2D eigenvalue weighted by molar-refractivity contribution is 7.82. The van der Waals surface area contributed by atoms with Gasteiger partial charge in [-0.15, -0.1) is 0 Å². The minimum absolute atomic E-state index is 0.137. The Morgan fingerprint density at radius 2 is 0.959 bits per heavy atom. The van der Waals surface area contributed by atoms with Crippen LogP contribution >= 0.6 is 25.3 Å². The molecule has 1 heterocycles. The Morgan fingerprint density at radius 3 is 1.52 bits per heavy atom. The van der Waals surface area contributed by atoms with Crippen LogP contribution in [0.5, 0.6) is 5.75 Å². The number of para-hydroxylation sites is 1. The predicted molar refractivity (Wildman–Crippen MR) is 454 cm³/mol. The number of unbranched alkanes of at least 4 members (excludes halogenated alkanes) is 2. The van der Waals surface area contributed by atoms with E-state index in [0.717, 1.165) is 19.2 Å². The average Bonchev–Trinajstić information content (AvgIpc) is 1.74. The monoisotopic (exact) mass is 1720 g/mol. The minimum atomic E-state index is -1.98. The van der Waals surface area contributed by atoms with E-state index in [-0.39, 0.29) is 70.4 Å². The average molecular weight is 1720 g/mol. The van der Waals surface area contributed by atoms with Crippen LogP contribution in [-0.4, -0.2) is 219 Å². The number of aliphatic hydroxyl groups excluding tert-OH is 1. The van der Waals surface area contributed by atoms with Gasteiger partial charge in [-0.1, -0.05) is 72.8 Å². The molecule has 0 aliphatic carbocycles. The fraction of sp³-hybridized carbons (Fsp3) is 0.494. The van der Waals surface area contributed by atoms with Gasteiger partial charge in [0, 0.05) is 79.1 Å². The molecule has 1 aromatic heterocycles. The number of nitrogens with two attached hydrogens (primary N) is 5. The summed E-state index contributed by atoms with van der Waals surface area (Å²) in [4.78, 5) is 238. The summed E-state index contributed by atoms with van der Waals surface area (Å²) in [7, 11) is 1.42. The predicted octanol–water partition coefficient (Wildman–Crippen LogP) is -2.66. The molecular formula is C81H115N19O19S2. The van der Waals surface area contributed by atoms with Gasteiger partial charge in [-0.2, -0.15) is 25.3 Å².